The molecule has 1 fully saturated rings. The number of carboxylic acids is 1. The van der Waals surface area contributed by atoms with Gasteiger partial charge >= 0.3 is 5.97 Å². The summed E-state index contributed by atoms with van der Waals surface area (Å²) in [6.45, 7) is 2.83. The lowest BCUT2D eigenvalue weighted by molar-refractivity contribution is 0.0698. The van der Waals surface area contributed by atoms with Gasteiger partial charge in [0.15, 0.2) is 0 Å². The van der Waals surface area contributed by atoms with Crippen molar-refractivity contribution in [3.63, 3.8) is 0 Å². The third-order valence-corrected chi connectivity index (χ3v) is 4.14. The van der Waals surface area contributed by atoms with Crippen LogP contribution in [0.4, 0.5) is 15.8 Å². The summed E-state index contributed by atoms with van der Waals surface area (Å²) in [4.78, 5) is 11.0. The van der Waals surface area contributed by atoms with E-state index in [9.17, 15) is 9.18 Å². The van der Waals surface area contributed by atoms with Gasteiger partial charge < -0.3 is 16.2 Å². The Morgan fingerprint density at radius 1 is 1.40 bits per heavy atom. The summed E-state index contributed by atoms with van der Waals surface area (Å²) in [6.07, 6.45) is 5.88. The second-order valence-electron chi connectivity index (χ2n) is 5.95. The van der Waals surface area contributed by atoms with E-state index in [4.69, 9.17) is 10.8 Å². The maximum absolute atomic E-state index is 13.8. The standard InChI is InChI=1S/C15H21FN2O2/c1-15(5-3-2-4-6-15)9-18-13-7-10(14(19)20)12(17)8-11(13)16/h7-8,18H,2-6,9,17H2,1H3,(H,19,20). The van der Waals surface area contributed by atoms with Gasteiger partial charge in [-0.05, 0) is 30.4 Å². The Hall–Kier alpha value is -1.78. The number of carbonyl (C=O) groups is 1. The Morgan fingerprint density at radius 2 is 2.05 bits per heavy atom. The van der Waals surface area contributed by atoms with E-state index >= 15 is 0 Å². The van der Waals surface area contributed by atoms with Crippen molar-refractivity contribution in [2.75, 3.05) is 17.6 Å². The summed E-state index contributed by atoms with van der Waals surface area (Å²) in [6, 6.07) is 2.34. The van der Waals surface area contributed by atoms with Crippen LogP contribution in [0, 0.1) is 11.2 Å². The summed E-state index contributed by atoms with van der Waals surface area (Å²) in [7, 11) is 0. The molecule has 110 valence electrons. The molecule has 1 aromatic rings. The Morgan fingerprint density at radius 3 is 2.65 bits per heavy atom. The first-order valence-corrected chi connectivity index (χ1v) is 6.97. The predicted octanol–water partition coefficient (Wildman–Crippen LogP) is 3.49. The number of hydrogen-bond acceptors (Lipinski definition) is 3. The van der Waals surface area contributed by atoms with Crippen molar-refractivity contribution < 1.29 is 14.3 Å². The van der Waals surface area contributed by atoms with Crippen LogP contribution in [0.15, 0.2) is 12.1 Å². The van der Waals surface area contributed by atoms with Crippen molar-refractivity contribution in [3.8, 4) is 0 Å². The van der Waals surface area contributed by atoms with Gasteiger partial charge in [0.2, 0.25) is 0 Å². The van der Waals surface area contributed by atoms with Crippen LogP contribution in [0.3, 0.4) is 0 Å². The average Bonchev–Trinajstić information content (AvgIpc) is 2.38. The summed E-state index contributed by atoms with van der Waals surface area (Å²) in [5.41, 5.74) is 5.75. The van der Waals surface area contributed by atoms with Crippen LogP contribution in [0.25, 0.3) is 0 Å². The monoisotopic (exact) mass is 280 g/mol. The highest BCUT2D eigenvalue weighted by molar-refractivity contribution is 5.94. The maximum atomic E-state index is 13.8. The van der Waals surface area contributed by atoms with Crippen LogP contribution in [-0.2, 0) is 0 Å². The first-order chi connectivity index (χ1) is 9.41. The van der Waals surface area contributed by atoms with E-state index in [0.29, 0.717) is 6.54 Å². The summed E-state index contributed by atoms with van der Waals surface area (Å²) >= 11 is 0. The van der Waals surface area contributed by atoms with Crippen molar-refractivity contribution in [1.82, 2.24) is 0 Å². The van der Waals surface area contributed by atoms with Crippen LogP contribution < -0.4 is 11.1 Å². The van der Waals surface area contributed by atoms with Gasteiger partial charge in [0, 0.05) is 12.2 Å². The van der Waals surface area contributed by atoms with Crippen molar-refractivity contribution in [1.29, 1.82) is 0 Å². The van der Waals surface area contributed by atoms with E-state index in [0.717, 1.165) is 18.9 Å². The zero-order chi connectivity index (χ0) is 14.8. The molecule has 20 heavy (non-hydrogen) atoms. The third kappa shape index (κ3) is 3.21. The molecule has 1 aromatic carbocycles. The molecule has 4 N–H and O–H groups in total. The highest BCUT2D eigenvalue weighted by atomic mass is 19.1. The van der Waals surface area contributed by atoms with Crippen LogP contribution in [0.5, 0.6) is 0 Å². The molecule has 0 radical (unpaired) electrons. The molecular weight excluding hydrogens is 259 g/mol. The van der Waals surface area contributed by atoms with Gasteiger partial charge in [-0.1, -0.05) is 26.2 Å². The number of nitrogens with two attached hydrogens (primary N) is 1. The SMILES string of the molecule is CC1(CNc2cc(C(=O)O)c(N)cc2F)CCCCC1. The Bertz CT molecular complexity index is 511. The number of nitrogens with one attached hydrogen (secondary N) is 1. The number of benzene rings is 1. The Kier molecular flexibility index (Phi) is 4.16. The Labute approximate surface area is 118 Å². The van der Waals surface area contributed by atoms with Gasteiger partial charge in [0.1, 0.15) is 5.82 Å². The molecule has 0 atom stereocenters. The lowest BCUT2D eigenvalue weighted by Crippen LogP contribution is -2.29. The van der Waals surface area contributed by atoms with E-state index in [1.807, 2.05) is 0 Å². The molecule has 0 heterocycles. The van der Waals surface area contributed by atoms with Crippen molar-refractivity contribution in [2.45, 2.75) is 39.0 Å². The van der Waals surface area contributed by atoms with Gasteiger partial charge in [0.05, 0.1) is 11.3 Å². The summed E-state index contributed by atoms with van der Waals surface area (Å²) in [5.74, 6) is -1.65. The number of hydrogen-bond donors (Lipinski definition) is 3. The van der Waals surface area contributed by atoms with Gasteiger partial charge in [-0.15, -0.1) is 0 Å². The molecule has 1 aliphatic carbocycles. The summed E-state index contributed by atoms with van der Waals surface area (Å²) in [5, 5.41) is 12.1. The fourth-order valence-electron chi connectivity index (χ4n) is 2.80. The van der Waals surface area contributed by atoms with Crippen molar-refractivity contribution in [2.24, 2.45) is 5.41 Å². The molecule has 1 aliphatic rings. The topological polar surface area (TPSA) is 75.3 Å². The molecule has 0 saturated heterocycles. The molecule has 1 saturated carbocycles. The normalized spacial score (nSPS) is 17.7. The lowest BCUT2D eigenvalue weighted by Gasteiger charge is -2.34. The second kappa shape index (κ2) is 5.69. The van der Waals surface area contributed by atoms with Crippen LogP contribution >= 0.6 is 0 Å². The Balaban J connectivity index is 2.12. The van der Waals surface area contributed by atoms with Crippen LogP contribution in [-0.4, -0.2) is 17.6 Å². The number of aromatic carboxylic acids is 1. The minimum Gasteiger partial charge on any atom is -0.478 e. The second-order valence-corrected chi connectivity index (χ2v) is 5.95. The molecule has 0 bridgehead atoms. The molecule has 4 nitrogen and oxygen atoms in total. The maximum Gasteiger partial charge on any atom is 0.337 e. The van der Waals surface area contributed by atoms with E-state index in [1.54, 1.807) is 0 Å². The number of rotatable bonds is 4. The van der Waals surface area contributed by atoms with E-state index in [2.05, 4.69) is 12.2 Å². The van der Waals surface area contributed by atoms with Gasteiger partial charge in [-0.2, -0.15) is 0 Å². The lowest BCUT2D eigenvalue weighted by atomic mass is 9.76. The molecule has 0 unspecified atom stereocenters. The van der Waals surface area contributed by atoms with Crippen molar-refractivity contribution in [3.05, 3.63) is 23.5 Å². The fourth-order valence-corrected chi connectivity index (χ4v) is 2.80. The number of carboxylic acid groups (broad SMARTS) is 1. The first kappa shape index (κ1) is 14.6. The van der Waals surface area contributed by atoms with E-state index in [-0.39, 0.29) is 22.4 Å². The average molecular weight is 280 g/mol. The molecule has 0 amide bonds. The smallest absolute Gasteiger partial charge is 0.337 e. The summed E-state index contributed by atoms with van der Waals surface area (Å²) < 4.78 is 13.8. The largest absolute Gasteiger partial charge is 0.478 e. The zero-order valence-corrected chi connectivity index (χ0v) is 11.7. The van der Waals surface area contributed by atoms with Crippen LogP contribution in [0.1, 0.15) is 49.4 Å². The number of halogens is 1. The highest BCUT2D eigenvalue weighted by Crippen LogP contribution is 2.36. The molecule has 0 spiro atoms. The molecule has 0 aromatic heterocycles. The van der Waals surface area contributed by atoms with Crippen LogP contribution in [0.2, 0.25) is 0 Å². The highest BCUT2D eigenvalue weighted by Gasteiger charge is 2.27. The van der Waals surface area contributed by atoms with Crippen molar-refractivity contribution >= 4 is 17.3 Å². The van der Waals surface area contributed by atoms with Gasteiger partial charge in [-0.25, -0.2) is 9.18 Å². The zero-order valence-electron chi connectivity index (χ0n) is 11.7. The molecule has 2 rings (SSSR count). The van der Waals surface area contributed by atoms with E-state index < -0.39 is 11.8 Å². The molecule has 0 aliphatic heterocycles. The van der Waals surface area contributed by atoms with Gasteiger partial charge in [-0.3, -0.25) is 0 Å². The van der Waals surface area contributed by atoms with E-state index in [1.165, 1.54) is 25.3 Å². The minimum atomic E-state index is -1.14. The molecule has 5 heteroatoms. The predicted molar refractivity (Wildman–Crippen MR) is 77.5 cm³/mol. The third-order valence-electron chi connectivity index (χ3n) is 4.14. The quantitative estimate of drug-likeness (QED) is 0.738. The number of nitrogen functional groups attached to an aromatic ring is 1. The first-order valence-electron chi connectivity index (χ1n) is 6.97. The van der Waals surface area contributed by atoms with Gasteiger partial charge in [0.25, 0.3) is 0 Å². The fraction of sp³-hybridized carbons (Fsp3) is 0.533. The minimum absolute atomic E-state index is 0.0515. The number of anilines is 2. The molecular formula is C15H21FN2O2.